The molecule has 0 aliphatic rings. The van der Waals surface area contributed by atoms with Crippen molar-refractivity contribution in [1.29, 1.82) is 0 Å². The number of alkyl halides is 3. The predicted octanol–water partition coefficient (Wildman–Crippen LogP) is 3.12. The topological polar surface area (TPSA) is 34.5 Å². The lowest BCUT2D eigenvalue weighted by atomic mass is 10.2. The van der Waals surface area contributed by atoms with Crippen molar-refractivity contribution in [2.75, 3.05) is 7.11 Å². The summed E-state index contributed by atoms with van der Waals surface area (Å²) in [6, 6.07) is 0.804. The van der Waals surface area contributed by atoms with E-state index in [9.17, 15) is 13.2 Å². The van der Waals surface area contributed by atoms with Gasteiger partial charge in [-0.15, -0.1) is 0 Å². The summed E-state index contributed by atoms with van der Waals surface area (Å²) in [7, 11) is 1.32. The third kappa shape index (κ3) is 2.85. The van der Waals surface area contributed by atoms with Crippen LogP contribution in [0.25, 0.3) is 0 Å². The number of hydrogen-bond donors (Lipinski definition) is 0. The molecule has 7 heteroatoms. The molecule has 0 aliphatic heterocycles. The first-order valence-electron chi connectivity index (χ1n) is 4.17. The summed E-state index contributed by atoms with van der Waals surface area (Å²) in [5.74, 6) is 0. The molecule has 0 bridgehead atoms. The maximum atomic E-state index is 12.3. The lowest BCUT2D eigenvalue weighted by Crippen LogP contribution is -2.08. The van der Waals surface area contributed by atoms with Crippen molar-refractivity contribution in [3.63, 3.8) is 0 Å². The van der Waals surface area contributed by atoms with Crippen LogP contribution < -0.4 is 0 Å². The van der Waals surface area contributed by atoms with Crippen LogP contribution in [-0.4, -0.2) is 17.8 Å². The van der Waals surface area contributed by atoms with E-state index in [1.54, 1.807) is 0 Å². The van der Waals surface area contributed by atoms with Crippen LogP contribution in [0.5, 0.6) is 0 Å². The molecular weight excluding hydrogens is 245 g/mol. The second-order valence-corrected chi connectivity index (χ2v) is 3.32. The smallest absolute Gasteiger partial charge is 0.399 e. The second kappa shape index (κ2) is 4.69. The molecule has 0 saturated heterocycles. The standard InChI is InChI=1S/C9H8ClF3N2O/c1-5(15-16-2)8-7(10)3-6(4-14-8)9(11,12)13/h3-4H,1-2H3/b15-5-. The number of aromatic nitrogens is 1. The van der Waals surface area contributed by atoms with Gasteiger partial charge < -0.3 is 4.84 Å². The Morgan fingerprint density at radius 2 is 2.12 bits per heavy atom. The van der Waals surface area contributed by atoms with Gasteiger partial charge in [-0.1, -0.05) is 16.8 Å². The normalized spacial score (nSPS) is 12.8. The molecule has 0 aromatic carbocycles. The molecule has 0 N–H and O–H groups in total. The minimum Gasteiger partial charge on any atom is -0.399 e. The van der Waals surface area contributed by atoms with Crippen molar-refractivity contribution < 1.29 is 18.0 Å². The Hall–Kier alpha value is -1.30. The number of halogens is 4. The van der Waals surface area contributed by atoms with E-state index in [-0.39, 0.29) is 10.7 Å². The largest absolute Gasteiger partial charge is 0.417 e. The van der Waals surface area contributed by atoms with E-state index < -0.39 is 11.7 Å². The van der Waals surface area contributed by atoms with E-state index in [1.807, 2.05) is 0 Å². The van der Waals surface area contributed by atoms with Gasteiger partial charge in [0.25, 0.3) is 0 Å². The Morgan fingerprint density at radius 1 is 1.50 bits per heavy atom. The summed E-state index contributed by atoms with van der Waals surface area (Å²) in [6.45, 7) is 1.53. The lowest BCUT2D eigenvalue weighted by Gasteiger charge is -2.08. The highest BCUT2D eigenvalue weighted by Gasteiger charge is 2.31. The fraction of sp³-hybridized carbons (Fsp3) is 0.333. The van der Waals surface area contributed by atoms with Crippen molar-refractivity contribution in [3.8, 4) is 0 Å². The Bertz CT molecular complexity index is 418. The Labute approximate surface area is 94.9 Å². The van der Waals surface area contributed by atoms with Gasteiger partial charge in [0.15, 0.2) is 0 Å². The summed E-state index contributed by atoms with van der Waals surface area (Å²) < 4.78 is 36.9. The van der Waals surface area contributed by atoms with Crippen LogP contribution in [0.4, 0.5) is 13.2 Å². The summed E-state index contributed by atoms with van der Waals surface area (Å²) in [5.41, 5.74) is -0.427. The molecule has 0 atom stereocenters. The van der Waals surface area contributed by atoms with E-state index in [4.69, 9.17) is 11.6 Å². The summed E-state index contributed by atoms with van der Waals surface area (Å²) in [4.78, 5) is 8.08. The monoisotopic (exact) mass is 252 g/mol. The molecule has 0 aliphatic carbocycles. The molecule has 88 valence electrons. The molecule has 1 aromatic rings. The van der Waals surface area contributed by atoms with Gasteiger partial charge in [-0.2, -0.15) is 13.2 Å². The maximum Gasteiger partial charge on any atom is 0.417 e. The average Bonchev–Trinajstić information content (AvgIpc) is 2.16. The van der Waals surface area contributed by atoms with E-state index >= 15 is 0 Å². The number of rotatable bonds is 2. The minimum atomic E-state index is -4.46. The van der Waals surface area contributed by atoms with Gasteiger partial charge in [-0.25, -0.2) is 0 Å². The fourth-order valence-electron chi connectivity index (χ4n) is 1.04. The molecule has 0 fully saturated rings. The number of oxime groups is 1. The maximum absolute atomic E-state index is 12.3. The van der Waals surface area contributed by atoms with E-state index in [0.29, 0.717) is 11.9 Å². The highest BCUT2D eigenvalue weighted by molar-refractivity contribution is 6.33. The molecule has 0 saturated carbocycles. The van der Waals surface area contributed by atoms with Crippen LogP contribution in [0.3, 0.4) is 0 Å². The zero-order chi connectivity index (χ0) is 12.3. The molecule has 1 aromatic heterocycles. The SMILES string of the molecule is CO/N=C(/C)c1ncc(C(F)(F)F)cc1Cl. The highest BCUT2D eigenvalue weighted by Crippen LogP contribution is 2.31. The van der Waals surface area contributed by atoms with Crippen molar-refractivity contribution in [2.24, 2.45) is 5.16 Å². The Kier molecular flexibility index (Phi) is 3.74. The third-order valence-corrected chi connectivity index (χ3v) is 2.03. The predicted molar refractivity (Wildman–Crippen MR) is 53.5 cm³/mol. The van der Waals surface area contributed by atoms with Crippen LogP contribution in [0.15, 0.2) is 17.4 Å². The van der Waals surface area contributed by atoms with Crippen molar-refractivity contribution >= 4 is 17.3 Å². The van der Waals surface area contributed by atoms with Crippen LogP contribution >= 0.6 is 11.6 Å². The zero-order valence-corrected chi connectivity index (χ0v) is 9.23. The first-order chi connectivity index (χ1) is 7.36. The number of pyridine rings is 1. The third-order valence-electron chi connectivity index (χ3n) is 1.74. The Morgan fingerprint density at radius 3 is 2.56 bits per heavy atom. The summed E-state index contributed by atoms with van der Waals surface area (Å²) in [5, 5.41) is 3.42. The van der Waals surface area contributed by atoms with E-state index in [2.05, 4.69) is 15.0 Å². The lowest BCUT2D eigenvalue weighted by molar-refractivity contribution is -0.137. The Balaban J connectivity index is 3.15. The second-order valence-electron chi connectivity index (χ2n) is 2.91. The molecule has 1 heterocycles. The van der Waals surface area contributed by atoms with Gasteiger partial charge in [0, 0.05) is 6.20 Å². The molecule has 1 rings (SSSR count). The summed E-state index contributed by atoms with van der Waals surface area (Å²) in [6.07, 6.45) is -3.75. The van der Waals surface area contributed by atoms with Crippen molar-refractivity contribution in [3.05, 3.63) is 28.5 Å². The highest BCUT2D eigenvalue weighted by atomic mass is 35.5. The molecule has 16 heavy (non-hydrogen) atoms. The van der Waals surface area contributed by atoms with Crippen LogP contribution in [0, 0.1) is 0 Å². The van der Waals surface area contributed by atoms with Crippen LogP contribution in [0.1, 0.15) is 18.2 Å². The van der Waals surface area contributed by atoms with Gasteiger partial charge in [0.1, 0.15) is 18.5 Å². The minimum absolute atomic E-state index is 0.117. The van der Waals surface area contributed by atoms with Gasteiger partial charge in [-0.3, -0.25) is 4.98 Å². The van der Waals surface area contributed by atoms with Gasteiger partial charge in [-0.05, 0) is 13.0 Å². The van der Waals surface area contributed by atoms with E-state index in [0.717, 1.165) is 6.07 Å². The summed E-state index contributed by atoms with van der Waals surface area (Å²) >= 11 is 5.67. The molecule has 3 nitrogen and oxygen atoms in total. The molecule has 0 spiro atoms. The number of hydrogen-bond acceptors (Lipinski definition) is 3. The van der Waals surface area contributed by atoms with E-state index in [1.165, 1.54) is 14.0 Å². The zero-order valence-electron chi connectivity index (χ0n) is 8.47. The van der Waals surface area contributed by atoms with Crippen molar-refractivity contribution in [1.82, 2.24) is 4.98 Å². The first kappa shape index (κ1) is 12.8. The molecule has 0 radical (unpaired) electrons. The van der Waals surface area contributed by atoms with Gasteiger partial charge >= 0.3 is 6.18 Å². The quantitative estimate of drug-likeness (QED) is 0.599. The molecular formula is C9H8ClF3N2O. The average molecular weight is 253 g/mol. The number of nitrogens with zero attached hydrogens (tertiary/aromatic N) is 2. The van der Waals surface area contributed by atoms with Crippen LogP contribution in [-0.2, 0) is 11.0 Å². The fourth-order valence-corrected chi connectivity index (χ4v) is 1.34. The van der Waals surface area contributed by atoms with Crippen molar-refractivity contribution in [2.45, 2.75) is 13.1 Å². The van der Waals surface area contributed by atoms with Gasteiger partial charge in [0.2, 0.25) is 0 Å². The van der Waals surface area contributed by atoms with Gasteiger partial charge in [0.05, 0.1) is 10.6 Å². The molecule has 0 unspecified atom stereocenters. The molecule has 0 amide bonds. The first-order valence-corrected chi connectivity index (χ1v) is 4.55. The van der Waals surface area contributed by atoms with Crippen LogP contribution in [0.2, 0.25) is 5.02 Å².